The van der Waals surface area contributed by atoms with Gasteiger partial charge in [0.2, 0.25) is 0 Å². The van der Waals surface area contributed by atoms with E-state index in [1.807, 2.05) is 18.2 Å². The van der Waals surface area contributed by atoms with Crippen molar-refractivity contribution in [1.29, 1.82) is 0 Å². The molecule has 174 valence electrons. The van der Waals surface area contributed by atoms with Crippen LogP contribution < -0.4 is 5.32 Å². The summed E-state index contributed by atoms with van der Waals surface area (Å²) in [5.74, 6) is -0.395. The van der Waals surface area contributed by atoms with Crippen LogP contribution in [-0.4, -0.2) is 24.0 Å². The Labute approximate surface area is 196 Å². The first-order valence-corrected chi connectivity index (χ1v) is 11.8. The summed E-state index contributed by atoms with van der Waals surface area (Å²) in [6, 6.07) is 21.0. The predicted molar refractivity (Wildman–Crippen MR) is 131 cm³/mol. The minimum atomic E-state index is -0.216. The van der Waals surface area contributed by atoms with Crippen molar-refractivity contribution in [2.24, 2.45) is 0 Å². The molecule has 2 nitrogen and oxygen atoms in total. The molecule has 0 aliphatic carbocycles. The van der Waals surface area contributed by atoms with Gasteiger partial charge in [-0.15, -0.1) is 0 Å². The van der Waals surface area contributed by atoms with E-state index in [2.05, 4.69) is 55.3 Å². The molecular weight excluding hydrogens is 414 g/mol. The van der Waals surface area contributed by atoms with Crippen LogP contribution in [0.15, 0.2) is 66.7 Å². The van der Waals surface area contributed by atoms with Crippen LogP contribution in [0.4, 0.5) is 8.78 Å². The van der Waals surface area contributed by atoms with E-state index >= 15 is 0 Å². The van der Waals surface area contributed by atoms with Gasteiger partial charge in [0.15, 0.2) is 0 Å². The van der Waals surface area contributed by atoms with Gasteiger partial charge in [-0.25, -0.2) is 8.78 Å². The summed E-state index contributed by atoms with van der Waals surface area (Å²) < 4.78 is 27.2. The Kier molecular flexibility index (Phi) is 7.26. The van der Waals surface area contributed by atoms with E-state index in [1.165, 1.54) is 28.8 Å². The molecule has 33 heavy (non-hydrogen) atoms. The van der Waals surface area contributed by atoms with Crippen molar-refractivity contribution in [1.82, 2.24) is 10.2 Å². The van der Waals surface area contributed by atoms with Crippen molar-refractivity contribution in [3.05, 3.63) is 106 Å². The van der Waals surface area contributed by atoms with E-state index in [4.69, 9.17) is 0 Å². The highest BCUT2D eigenvalue weighted by Crippen LogP contribution is 2.26. The number of halogens is 2. The number of fused-ring (bicyclic) bond motifs is 1. The minimum absolute atomic E-state index is 0.166. The SMILES string of the molecule is CC(C)(C)c1ccc(CNCCN2Cc3ccc(F)cc3CC2Cc2ccc(F)cc2)cc1. The lowest BCUT2D eigenvalue weighted by Gasteiger charge is -2.37. The lowest BCUT2D eigenvalue weighted by atomic mass is 9.87. The van der Waals surface area contributed by atoms with Gasteiger partial charge in [-0.05, 0) is 70.3 Å². The highest BCUT2D eigenvalue weighted by Gasteiger charge is 2.26. The van der Waals surface area contributed by atoms with Gasteiger partial charge in [-0.1, -0.05) is 63.2 Å². The average Bonchev–Trinajstić information content (AvgIpc) is 2.78. The lowest BCUT2D eigenvalue weighted by Crippen LogP contribution is -2.44. The van der Waals surface area contributed by atoms with Gasteiger partial charge in [0.1, 0.15) is 11.6 Å². The summed E-state index contributed by atoms with van der Waals surface area (Å²) in [5.41, 5.74) is 6.19. The smallest absolute Gasteiger partial charge is 0.123 e. The Hall–Kier alpha value is -2.56. The molecule has 0 radical (unpaired) electrons. The van der Waals surface area contributed by atoms with Crippen LogP contribution in [-0.2, 0) is 31.3 Å². The molecule has 0 amide bonds. The molecule has 4 rings (SSSR count). The van der Waals surface area contributed by atoms with Gasteiger partial charge in [0.05, 0.1) is 0 Å². The Morgan fingerprint density at radius 1 is 0.848 bits per heavy atom. The second-order valence-corrected chi connectivity index (χ2v) is 10.2. The summed E-state index contributed by atoms with van der Waals surface area (Å²) in [4.78, 5) is 2.47. The molecule has 1 unspecified atom stereocenters. The molecule has 1 N–H and O–H groups in total. The zero-order valence-corrected chi connectivity index (χ0v) is 19.9. The zero-order chi connectivity index (χ0) is 23.4. The van der Waals surface area contributed by atoms with Crippen molar-refractivity contribution >= 4 is 0 Å². The number of benzene rings is 3. The molecule has 0 spiro atoms. The third-order valence-electron chi connectivity index (χ3n) is 6.62. The van der Waals surface area contributed by atoms with E-state index < -0.39 is 0 Å². The van der Waals surface area contributed by atoms with Gasteiger partial charge < -0.3 is 5.32 Å². The van der Waals surface area contributed by atoms with Crippen LogP contribution in [0.1, 0.15) is 48.6 Å². The molecule has 0 bridgehead atoms. The fourth-order valence-corrected chi connectivity index (χ4v) is 4.60. The van der Waals surface area contributed by atoms with Crippen molar-refractivity contribution < 1.29 is 8.78 Å². The fraction of sp³-hybridized carbons (Fsp3) is 0.379. The van der Waals surface area contributed by atoms with Gasteiger partial charge in [-0.2, -0.15) is 0 Å². The third kappa shape index (κ3) is 6.27. The maximum absolute atomic E-state index is 13.8. The van der Waals surface area contributed by atoms with Crippen molar-refractivity contribution in [3.63, 3.8) is 0 Å². The van der Waals surface area contributed by atoms with Crippen molar-refractivity contribution in [2.75, 3.05) is 13.1 Å². The number of nitrogens with zero attached hydrogens (tertiary/aromatic N) is 1. The van der Waals surface area contributed by atoms with Gasteiger partial charge >= 0.3 is 0 Å². The topological polar surface area (TPSA) is 15.3 Å². The lowest BCUT2D eigenvalue weighted by molar-refractivity contribution is 0.170. The highest BCUT2D eigenvalue weighted by atomic mass is 19.1. The molecule has 1 atom stereocenters. The van der Waals surface area contributed by atoms with Crippen molar-refractivity contribution in [3.8, 4) is 0 Å². The van der Waals surface area contributed by atoms with Crippen LogP contribution in [0.2, 0.25) is 0 Å². The number of hydrogen-bond acceptors (Lipinski definition) is 2. The number of nitrogens with one attached hydrogen (secondary N) is 1. The van der Waals surface area contributed by atoms with E-state index in [-0.39, 0.29) is 23.1 Å². The van der Waals surface area contributed by atoms with E-state index in [0.29, 0.717) is 0 Å². The largest absolute Gasteiger partial charge is 0.311 e. The molecule has 1 aliphatic rings. The average molecular weight is 449 g/mol. The maximum atomic E-state index is 13.8. The van der Waals surface area contributed by atoms with Crippen LogP contribution in [0.25, 0.3) is 0 Å². The molecule has 0 saturated carbocycles. The second-order valence-electron chi connectivity index (χ2n) is 10.2. The molecule has 3 aromatic carbocycles. The van der Waals surface area contributed by atoms with Gasteiger partial charge in [0, 0.05) is 32.2 Å². The molecule has 1 aliphatic heterocycles. The van der Waals surface area contributed by atoms with Gasteiger partial charge in [0.25, 0.3) is 0 Å². The highest BCUT2D eigenvalue weighted by molar-refractivity contribution is 5.32. The quantitative estimate of drug-likeness (QED) is 0.445. The van der Waals surface area contributed by atoms with E-state index in [9.17, 15) is 8.78 Å². The number of rotatable bonds is 7. The molecule has 0 aromatic heterocycles. The van der Waals surface area contributed by atoms with Crippen LogP contribution in [0.5, 0.6) is 0 Å². The van der Waals surface area contributed by atoms with E-state index in [1.54, 1.807) is 12.1 Å². The standard InChI is InChI=1S/C29H34F2N2/c1-29(2,3)25-9-4-22(5-10-25)19-32-14-15-33-20-23-8-13-27(31)17-24(23)18-28(33)16-21-6-11-26(30)12-7-21/h4-13,17,28,32H,14-16,18-20H2,1-3H3. The monoisotopic (exact) mass is 448 g/mol. The normalized spacial score (nSPS) is 16.6. The first-order chi connectivity index (χ1) is 15.8. The maximum Gasteiger partial charge on any atom is 0.123 e. The third-order valence-corrected chi connectivity index (χ3v) is 6.62. The van der Waals surface area contributed by atoms with Crippen LogP contribution >= 0.6 is 0 Å². The first-order valence-electron chi connectivity index (χ1n) is 11.8. The van der Waals surface area contributed by atoms with E-state index in [0.717, 1.165) is 50.1 Å². The summed E-state index contributed by atoms with van der Waals surface area (Å²) in [6.07, 6.45) is 1.63. The molecule has 0 fully saturated rings. The second kappa shape index (κ2) is 10.1. The summed E-state index contributed by atoms with van der Waals surface area (Å²) >= 11 is 0. The molecule has 0 saturated heterocycles. The Balaban J connectivity index is 1.38. The summed E-state index contributed by atoms with van der Waals surface area (Å²) in [7, 11) is 0. The fourth-order valence-electron chi connectivity index (χ4n) is 4.60. The molecule has 3 aromatic rings. The Morgan fingerprint density at radius 3 is 2.21 bits per heavy atom. The number of hydrogen-bond donors (Lipinski definition) is 1. The first kappa shape index (κ1) is 23.6. The molecular formula is C29H34F2N2. The predicted octanol–water partition coefficient (Wildman–Crippen LogP) is 6.02. The Bertz CT molecular complexity index is 1050. The summed E-state index contributed by atoms with van der Waals surface area (Å²) in [6.45, 7) is 10.1. The minimum Gasteiger partial charge on any atom is -0.311 e. The van der Waals surface area contributed by atoms with Crippen LogP contribution in [0, 0.1) is 11.6 Å². The summed E-state index contributed by atoms with van der Waals surface area (Å²) in [5, 5.41) is 3.58. The Morgan fingerprint density at radius 2 is 1.52 bits per heavy atom. The van der Waals surface area contributed by atoms with Gasteiger partial charge in [-0.3, -0.25) is 4.90 Å². The van der Waals surface area contributed by atoms with Crippen molar-refractivity contribution in [2.45, 2.75) is 58.2 Å². The van der Waals surface area contributed by atoms with Crippen LogP contribution in [0.3, 0.4) is 0 Å². The molecule has 1 heterocycles. The molecule has 4 heteroatoms. The zero-order valence-electron chi connectivity index (χ0n) is 19.9.